The van der Waals surface area contributed by atoms with E-state index >= 15 is 0 Å². The number of hydrogen-bond donors (Lipinski definition) is 0. The van der Waals surface area contributed by atoms with Crippen LogP contribution in [0.15, 0.2) is 35.5 Å². The maximum atomic E-state index is 13.4. The van der Waals surface area contributed by atoms with Crippen molar-refractivity contribution in [3.8, 4) is 0 Å². The first-order valence-electron chi connectivity index (χ1n) is 10.7. The second-order valence-corrected chi connectivity index (χ2v) is 7.55. The fraction of sp³-hybridized carbons (Fsp3) is 0.478. The van der Waals surface area contributed by atoms with Crippen LogP contribution in [0.3, 0.4) is 0 Å². The minimum absolute atomic E-state index is 0.00750. The van der Waals surface area contributed by atoms with Crippen LogP contribution in [-0.4, -0.2) is 76.0 Å². The molecule has 1 aromatic rings. The molecular weight excluding hydrogens is 432 g/mol. The quantitative estimate of drug-likeness (QED) is 0.460. The van der Waals surface area contributed by atoms with Gasteiger partial charge in [0.1, 0.15) is 12.4 Å². The molecular formula is C23H28N2O8. The predicted molar refractivity (Wildman–Crippen MR) is 116 cm³/mol. The number of esters is 3. The standard InChI is InChI=1S/C23H28N2O8/c1-4-33-21(27)15-9-11-24(12-10-15)20(26)16-7-5-6-8-18(16)25-14-32-13-17(22(28)30-2)19(25)23(29)31-3/h5-8,15H,4,9-14H2,1-3H3. The SMILES string of the molecule is CCOC(=O)C1CCN(C(=O)c2ccccc2N2COCC(C(=O)OC)=C2C(=O)OC)CC1. The molecule has 2 heterocycles. The summed E-state index contributed by atoms with van der Waals surface area (Å²) in [7, 11) is 2.42. The van der Waals surface area contributed by atoms with E-state index in [1.165, 1.54) is 19.1 Å². The van der Waals surface area contributed by atoms with E-state index in [0.717, 1.165) is 0 Å². The molecule has 0 radical (unpaired) electrons. The normalized spacial score (nSPS) is 16.9. The van der Waals surface area contributed by atoms with Crippen LogP contribution in [0, 0.1) is 5.92 Å². The lowest BCUT2D eigenvalue weighted by atomic mass is 9.96. The molecule has 0 atom stereocenters. The number of para-hydroxylation sites is 1. The van der Waals surface area contributed by atoms with Crippen LogP contribution < -0.4 is 4.90 Å². The number of anilines is 1. The van der Waals surface area contributed by atoms with Crippen molar-refractivity contribution in [2.45, 2.75) is 19.8 Å². The van der Waals surface area contributed by atoms with Crippen LogP contribution >= 0.6 is 0 Å². The van der Waals surface area contributed by atoms with Gasteiger partial charge in [-0.15, -0.1) is 0 Å². The molecule has 0 spiro atoms. The molecule has 178 valence electrons. The fourth-order valence-electron chi connectivity index (χ4n) is 3.97. The zero-order valence-corrected chi connectivity index (χ0v) is 19.0. The summed E-state index contributed by atoms with van der Waals surface area (Å²) in [6.45, 7) is 2.72. The third kappa shape index (κ3) is 5.16. The number of piperidine rings is 1. The Balaban J connectivity index is 1.90. The topological polar surface area (TPSA) is 112 Å². The Bertz CT molecular complexity index is 950. The number of rotatable bonds is 6. The second-order valence-electron chi connectivity index (χ2n) is 7.55. The largest absolute Gasteiger partial charge is 0.466 e. The molecule has 33 heavy (non-hydrogen) atoms. The van der Waals surface area contributed by atoms with Crippen LogP contribution in [-0.2, 0) is 33.3 Å². The minimum Gasteiger partial charge on any atom is -0.466 e. The number of likely N-dealkylation sites (tertiary alicyclic amines) is 1. The Labute approximate surface area is 192 Å². The van der Waals surface area contributed by atoms with E-state index in [2.05, 4.69) is 0 Å². The third-order valence-corrected chi connectivity index (χ3v) is 5.66. The van der Waals surface area contributed by atoms with Gasteiger partial charge < -0.3 is 28.7 Å². The molecule has 0 bridgehead atoms. The number of ether oxygens (including phenoxy) is 4. The van der Waals surface area contributed by atoms with Gasteiger partial charge in [-0.3, -0.25) is 9.59 Å². The predicted octanol–water partition coefficient (Wildman–Crippen LogP) is 1.50. The lowest BCUT2D eigenvalue weighted by Gasteiger charge is -2.34. The van der Waals surface area contributed by atoms with Crippen LogP contribution in [0.2, 0.25) is 0 Å². The van der Waals surface area contributed by atoms with Gasteiger partial charge in [0.2, 0.25) is 0 Å². The monoisotopic (exact) mass is 460 g/mol. The number of carbonyl (C=O) groups is 4. The number of carbonyl (C=O) groups excluding carboxylic acids is 4. The molecule has 1 saturated heterocycles. The molecule has 2 aliphatic heterocycles. The summed E-state index contributed by atoms with van der Waals surface area (Å²) in [6, 6.07) is 6.76. The molecule has 10 nitrogen and oxygen atoms in total. The summed E-state index contributed by atoms with van der Waals surface area (Å²) in [5, 5.41) is 0. The van der Waals surface area contributed by atoms with Gasteiger partial charge in [0.25, 0.3) is 5.91 Å². The summed E-state index contributed by atoms with van der Waals surface area (Å²) in [5.41, 5.74) is 0.713. The van der Waals surface area contributed by atoms with Gasteiger partial charge in [0.05, 0.1) is 50.2 Å². The van der Waals surface area contributed by atoms with Crippen molar-refractivity contribution in [2.75, 3.05) is 52.2 Å². The smallest absolute Gasteiger partial charge is 0.355 e. The van der Waals surface area contributed by atoms with E-state index in [-0.39, 0.29) is 42.4 Å². The van der Waals surface area contributed by atoms with E-state index in [1.54, 1.807) is 36.1 Å². The summed E-state index contributed by atoms with van der Waals surface area (Å²) in [5.74, 6) is -2.17. The highest BCUT2D eigenvalue weighted by atomic mass is 16.5. The second kappa shape index (κ2) is 11.0. The van der Waals surface area contributed by atoms with Gasteiger partial charge in [-0.1, -0.05) is 12.1 Å². The Kier molecular flexibility index (Phi) is 8.05. The average Bonchev–Trinajstić information content (AvgIpc) is 2.87. The van der Waals surface area contributed by atoms with Crippen molar-refractivity contribution < 1.29 is 38.1 Å². The maximum Gasteiger partial charge on any atom is 0.355 e. The van der Waals surface area contributed by atoms with Crippen molar-refractivity contribution in [3.05, 3.63) is 41.1 Å². The van der Waals surface area contributed by atoms with Gasteiger partial charge in [0.15, 0.2) is 0 Å². The third-order valence-electron chi connectivity index (χ3n) is 5.66. The van der Waals surface area contributed by atoms with Gasteiger partial charge in [0, 0.05) is 13.1 Å². The number of benzene rings is 1. The van der Waals surface area contributed by atoms with Crippen LogP contribution in [0.4, 0.5) is 5.69 Å². The zero-order chi connectivity index (χ0) is 24.0. The number of hydrogen-bond acceptors (Lipinski definition) is 9. The van der Waals surface area contributed by atoms with Crippen LogP contribution in [0.1, 0.15) is 30.1 Å². The lowest BCUT2D eigenvalue weighted by molar-refractivity contribution is -0.149. The van der Waals surface area contributed by atoms with Crippen LogP contribution in [0.5, 0.6) is 0 Å². The molecule has 3 rings (SSSR count). The van der Waals surface area contributed by atoms with Crippen molar-refractivity contribution in [2.24, 2.45) is 5.92 Å². The van der Waals surface area contributed by atoms with Gasteiger partial charge in [-0.05, 0) is 31.9 Å². The van der Waals surface area contributed by atoms with Crippen molar-refractivity contribution in [1.82, 2.24) is 4.90 Å². The summed E-state index contributed by atoms with van der Waals surface area (Å²) in [6.07, 6.45) is 1.03. The maximum absolute atomic E-state index is 13.4. The molecule has 0 saturated carbocycles. The van der Waals surface area contributed by atoms with Gasteiger partial charge in [-0.25, -0.2) is 9.59 Å². The van der Waals surface area contributed by atoms with Crippen molar-refractivity contribution in [3.63, 3.8) is 0 Å². The molecule has 0 N–H and O–H groups in total. The fourth-order valence-corrected chi connectivity index (χ4v) is 3.97. The van der Waals surface area contributed by atoms with Gasteiger partial charge in [-0.2, -0.15) is 0 Å². The van der Waals surface area contributed by atoms with E-state index < -0.39 is 11.9 Å². The molecule has 10 heteroatoms. The van der Waals surface area contributed by atoms with Crippen molar-refractivity contribution in [1.29, 1.82) is 0 Å². The summed E-state index contributed by atoms with van der Waals surface area (Å²) >= 11 is 0. The number of amides is 1. The van der Waals surface area contributed by atoms with E-state index in [4.69, 9.17) is 18.9 Å². The average molecular weight is 460 g/mol. The summed E-state index contributed by atoms with van der Waals surface area (Å²) < 4.78 is 20.3. The highest BCUT2D eigenvalue weighted by molar-refractivity contribution is 6.06. The molecule has 0 unspecified atom stereocenters. The molecule has 2 aliphatic rings. The molecule has 1 fully saturated rings. The summed E-state index contributed by atoms with van der Waals surface area (Å²) in [4.78, 5) is 53.4. The molecule has 0 aliphatic carbocycles. The Morgan fingerprint density at radius 1 is 1.03 bits per heavy atom. The van der Waals surface area contributed by atoms with E-state index in [0.29, 0.717) is 43.8 Å². The lowest BCUT2D eigenvalue weighted by Crippen LogP contribution is -2.42. The highest BCUT2D eigenvalue weighted by Crippen LogP contribution is 2.31. The van der Waals surface area contributed by atoms with E-state index in [9.17, 15) is 19.2 Å². The molecule has 1 aromatic carbocycles. The first-order valence-corrected chi connectivity index (χ1v) is 10.7. The first kappa shape index (κ1) is 24.2. The Hall–Kier alpha value is -3.40. The first-order chi connectivity index (χ1) is 15.9. The minimum atomic E-state index is -0.740. The van der Waals surface area contributed by atoms with Crippen molar-refractivity contribution >= 4 is 29.5 Å². The zero-order valence-electron chi connectivity index (χ0n) is 19.0. The Morgan fingerprint density at radius 3 is 2.33 bits per heavy atom. The molecule has 0 aromatic heterocycles. The highest BCUT2D eigenvalue weighted by Gasteiger charge is 2.35. The van der Waals surface area contributed by atoms with E-state index in [1.807, 2.05) is 0 Å². The van der Waals surface area contributed by atoms with Gasteiger partial charge >= 0.3 is 17.9 Å². The van der Waals surface area contributed by atoms with Crippen LogP contribution in [0.25, 0.3) is 0 Å². The number of nitrogens with zero attached hydrogens (tertiary/aromatic N) is 2. The Morgan fingerprint density at radius 2 is 1.70 bits per heavy atom. The number of methoxy groups -OCH3 is 2. The molecule has 1 amide bonds.